The lowest BCUT2D eigenvalue weighted by atomic mass is 10.2. The van der Waals surface area contributed by atoms with Crippen molar-refractivity contribution < 1.29 is 18.9 Å². The van der Waals surface area contributed by atoms with Gasteiger partial charge in [-0.05, 0) is 6.07 Å². The van der Waals surface area contributed by atoms with E-state index in [0.29, 0.717) is 25.6 Å². The Morgan fingerprint density at radius 1 is 0.967 bits per heavy atom. The molecule has 0 amide bonds. The van der Waals surface area contributed by atoms with Crippen molar-refractivity contribution in [2.75, 3.05) is 90.9 Å². The topological polar surface area (TPSA) is 81.2 Å². The lowest BCUT2D eigenvalue weighted by molar-refractivity contribution is 0.0320. The summed E-state index contributed by atoms with van der Waals surface area (Å²) in [6.07, 6.45) is 1.62. The number of morpholine rings is 1. The lowest BCUT2D eigenvalue weighted by Crippen LogP contribution is -2.44. The van der Waals surface area contributed by atoms with Crippen LogP contribution in [0.3, 0.4) is 0 Å². The van der Waals surface area contributed by atoms with Crippen molar-refractivity contribution in [3.05, 3.63) is 18.5 Å². The van der Waals surface area contributed by atoms with Gasteiger partial charge in [0.2, 0.25) is 0 Å². The number of anilines is 1. The molecule has 4 rings (SSSR count). The van der Waals surface area contributed by atoms with Crippen LogP contribution in [0.2, 0.25) is 0 Å². The molecule has 3 heterocycles. The van der Waals surface area contributed by atoms with Crippen molar-refractivity contribution in [3.8, 4) is 11.5 Å². The van der Waals surface area contributed by atoms with Crippen LogP contribution >= 0.6 is 0 Å². The zero-order valence-corrected chi connectivity index (χ0v) is 17.6. The highest BCUT2D eigenvalue weighted by Gasteiger charge is 2.18. The van der Waals surface area contributed by atoms with Crippen LogP contribution < -0.4 is 19.7 Å². The van der Waals surface area contributed by atoms with Gasteiger partial charge in [-0.3, -0.25) is 4.90 Å². The minimum absolute atomic E-state index is 0.456. The van der Waals surface area contributed by atoms with E-state index in [2.05, 4.69) is 25.1 Å². The number of piperazine rings is 1. The molecule has 2 aliphatic rings. The predicted octanol–water partition coefficient (Wildman–Crippen LogP) is 0.776. The zero-order valence-electron chi connectivity index (χ0n) is 17.6. The van der Waals surface area contributed by atoms with Crippen molar-refractivity contribution in [2.24, 2.45) is 0 Å². The van der Waals surface area contributed by atoms with E-state index >= 15 is 0 Å². The molecule has 0 radical (unpaired) electrons. The summed E-state index contributed by atoms with van der Waals surface area (Å²) in [7, 11) is 1.66. The standard InChI is InChI=1S/C21H31N5O4/c1-27-12-13-30-20-15-18-17(21(24-16-23-18)26-4-2-22-3-5-26)14-19(20)29-11-8-25-6-9-28-10-7-25/h14-16,22H,2-13H2,1H3. The fourth-order valence-electron chi connectivity index (χ4n) is 3.75. The summed E-state index contributed by atoms with van der Waals surface area (Å²) >= 11 is 0. The molecule has 1 N–H and O–H groups in total. The van der Waals surface area contributed by atoms with E-state index in [1.54, 1.807) is 13.4 Å². The summed E-state index contributed by atoms with van der Waals surface area (Å²) in [5, 5.41) is 4.37. The Kier molecular flexibility index (Phi) is 7.52. The van der Waals surface area contributed by atoms with Crippen molar-refractivity contribution in [3.63, 3.8) is 0 Å². The molecule has 0 saturated carbocycles. The molecule has 2 saturated heterocycles. The molecule has 2 fully saturated rings. The lowest BCUT2D eigenvalue weighted by Gasteiger charge is -2.29. The van der Waals surface area contributed by atoms with Gasteiger partial charge in [-0.2, -0.15) is 0 Å². The second kappa shape index (κ2) is 10.7. The van der Waals surface area contributed by atoms with Crippen LogP contribution in [0.15, 0.2) is 18.5 Å². The molecule has 2 aromatic rings. The maximum atomic E-state index is 6.19. The number of hydrogen-bond acceptors (Lipinski definition) is 9. The van der Waals surface area contributed by atoms with Crippen LogP contribution in [0, 0.1) is 0 Å². The molecule has 30 heavy (non-hydrogen) atoms. The van der Waals surface area contributed by atoms with Gasteiger partial charge in [-0.15, -0.1) is 0 Å². The summed E-state index contributed by atoms with van der Waals surface area (Å²) in [4.78, 5) is 13.7. The van der Waals surface area contributed by atoms with Gasteiger partial charge in [0, 0.05) is 64.4 Å². The van der Waals surface area contributed by atoms with Gasteiger partial charge in [-0.25, -0.2) is 9.97 Å². The molecule has 1 aromatic carbocycles. The van der Waals surface area contributed by atoms with Crippen molar-refractivity contribution in [2.45, 2.75) is 0 Å². The van der Waals surface area contributed by atoms with Crippen LogP contribution in [0.5, 0.6) is 11.5 Å². The van der Waals surface area contributed by atoms with Gasteiger partial charge in [0.15, 0.2) is 11.5 Å². The molecule has 0 aliphatic carbocycles. The Hall–Kier alpha value is -2.20. The quantitative estimate of drug-likeness (QED) is 0.595. The average Bonchev–Trinajstić information content (AvgIpc) is 2.80. The molecule has 1 aromatic heterocycles. The third-order valence-electron chi connectivity index (χ3n) is 5.41. The number of ether oxygens (including phenoxy) is 4. The molecule has 0 atom stereocenters. The highest BCUT2D eigenvalue weighted by Crippen LogP contribution is 2.35. The maximum absolute atomic E-state index is 6.19. The fraction of sp³-hybridized carbons (Fsp3) is 0.619. The maximum Gasteiger partial charge on any atom is 0.163 e. The summed E-state index contributed by atoms with van der Waals surface area (Å²) < 4.78 is 22.7. The van der Waals surface area contributed by atoms with Gasteiger partial charge in [0.25, 0.3) is 0 Å². The summed E-state index contributed by atoms with van der Waals surface area (Å²) in [5.74, 6) is 2.35. The Morgan fingerprint density at radius 2 is 1.73 bits per heavy atom. The number of nitrogens with zero attached hydrogens (tertiary/aromatic N) is 4. The molecule has 0 unspecified atom stereocenters. The number of hydrogen-bond donors (Lipinski definition) is 1. The smallest absolute Gasteiger partial charge is 0.163 e. The van der Waals surface area contributed by atoms with Crippen LogP contribution in [0.25, 0.3) is 10.9 Å². The van der Waals surface area contributed by atoms with E-state index in [4.69, 9.17) is 18.9 Å². The molecular formula is C21H31N5O4. The first-order valence-electron chi connectivity index (χ1n) is 10.6. The van der Waals surface area contributed by atoms with E-state index in [1.807, 2.05) is 12.1 Å². The van der Waals surface area contributed by atoms with Gasteiger partial charge >= 0.3 is 0 Å². The molecule has 0 spiro atoms. The van der Waals surface area contributed by atoms with E-state index in [1.165, 1.54) is 0 Å². The van der Waals surface area contributed by atoms with E-state index in [0.717, 1.165) is 81.5 Å². The van der Waals surface area contributed by atoms with Crippen LogP contribution in [0.4, 0.5) is 5.82 Å². The Balaban J connectivity index is 1.56. The molecular weight excluding hydrogens is 386 g/mol. The zero-order chi connectivity index (χ0) is 20.6. The number of fused-ring (bicyclic) bond motifs is 1. The average molecular weight is 418 g/mol. The van der Waals surface area contributed by atoms with Gasteiger partial charge in [-0.1, -0.05) is 0 Å². The second-order valence-corrected chi connectivity index (χ2v) is 7.39. The minimum Gasteiger partial charge on any atom is -0.488 e. The van der Waals surface area contributed by atoms with E-state index in [-0.39, 0.29) is 0 Å². The monoisotopic (exact) mass is 417 g/mol. The van der Waals surface area contributed by atoms with Crippen LogP contribution in [-0.2, 0) is 9.47 Å². The second-order valence-electron chi connectivity index (χ2n) is 7.39. The predicted molar refractivity (Wildman–Crippen MR) is 115 cm³/mol. The minimum atomic E-state index is 0.456. The number of rotatable bonds is 9. The van der Waals surface area contributed by atoms with Crippen molar-refractivity contribution in [1.82, 2.24) is 20.2 Å². The molecule has 9 nitrogen and oxygen atoms in total. The SMILES string of the molecule is COCCOc1cc2ncnc(N3CCNCC3)c2cc1OCCN1CCOCC1. The first-order valence-corrected chi connectivity index (χ1v) is 10.6. The van der Waals surface area contributed by atoms with Crippen LogP contribution in [0.1, 0.15) is 0 Å². The fourth-order valence-corrected chi connectivity index (χ4v) is 3.75. The number of methoxy groups -OCH3 is 1. The summed E-state index contributed by atoms with van der Waals surface area (Å²) in [6, 6.07) is 3.97. The Morgan fingerprint density at radius 3 is 2.53 bits per heavy atom. The molecule has 2 aliphatic heterocycles. The molecule has 164 valence electrons. The number of aromatic nitrogens is 2. The Labute approximate surface area is 177 Å². The largest absolute Gasteiger partial charge is 0.488 e. The highest BCUT2D eigenvalue weighted by atomic mass is 16.5. The number of nitrogens with one attached hydrogen (secondary N) is 1. The van der Waals surface area contributed by atoms with Crippen LogP contribution in [-0.4, -0.2) is 101 Å². The third-order valence-corrected chi connectivity index (χ3v) is 5.41. The molecule has 0 bridgehead atoms. The summed E-state index contributed by atoms with van der Waals surface area (Å²) in [5.41, 5.74) is 0.853. The Bertz CT molecular complexity index is 809. The van der Waals surface area contributed by atoms with E-state index < -0.39 is 0 Å². The normalized spacial score (nSPS) is 18.0. The first kappa shape index (κ1) is 21.0. The number of benzene rings is 1. The third kappa shape index (κ3) is 5.28. The molecule has 9 heteroatoms. The van der Waals surface area contributed by atoms with Gasteiger partial charge in [0.05, 0.1) is 25.3 Å². The van der Waals surface area contributed by atoms with E-state index in [9.17, 15) is 0 Å². The first-order chi connectivity index (χ1) is 14.8. The highest BCUT2D eigenvalue weighted by molar-refractivity contribution is 5.92. The summed E-state index contributed by atoms with van der Waals surface area (Å²) in [6.45, 7) is 9.62. The van der Waals surface area contributed by atoms with Crippen molar-refractivity contribution in [1.29, 1.82) is 0 Å². The van der Waals surface area contributed by atoms with Gasteiger partial charge in [0.1, 0.15) is 25.4 Å². The van der Waals surface area contributed by atoms with Gasteiger partial charge < -0.3 is 29.2 Å². The van der Waals surface area contributed by atoms with Crippen molar-refractivity contribution >= 4 is 16.7 Å².